The third-order valence-corrected chi connectivity index (χ3v) is 5.34. The Kier molecular flexibility index (Phi) is 13.9. The maximum absolute atomic E-state index is 10.1. The maximum atomic E-state index is 10.1. The van der Waals surface area contributed by atoms with Crippen molar-refractivity contribution in [3.63, 3.8) is 0 Å². The maximum Gasteiger partial charge on any atom is 0.112 e. The number of carbonyl (C=O) groups excluding carboxylic acids is 1. The quantitative estimate of drug-likeness (QED) is 0.671. The first-order chi connectivity index (χ1) is 11.0. The summed E-state index contributed by atoms with van der Waals surface area (Å²) in [7, 11) is 0. The van der Waals surface area contributed by atoms with Crippen LogP contribution in [-0.2, 0) is 0 Å². The van der Waals surface area contributed by atoms with Crippen LogP contribution >= 0.6 is 34.5 Å². The summed E-state index contributed by atoms with van der Waals surface area (Å²) in [5.74, 6) is -1.25. The summed E-state index contributed by atoms with van der Waals surface area (Å²) < 4.78 is 0.279. The summed E-state index contributed by atoms with van der Waals surface area (Å²) >= 11 is 11.8. The molecule has 0 aliphatic rings. The molecule has 1 aromatic rings. The molecule has 0 spiro atoms. The molecule has 1 aromatic heterocycles. The highest BCUT2D eigenvalue weighted by molar-refractivity contribution is 7.18. The van der Waals surface area contributed by atoms with Crippen LogP contribution in [0, 0.1) is 0 Å². The Labute approximate surface area is 154 Å². The van der Waals surface area contributed by atoms with Gasteiger partial charge in [-0.15, -0.1) is 11.3 Å². The zero-order valence-corrected chi connectivity index (χ0v) is 16.8. The predicted molar refractivity (Wildman–Crippen MR) is 99.0 cm³/mol. The molecular formula is C17H29Cl2NO2S. The number of quaternary nitrogens is 1. The number of unbranched alkanes of at least 4 members (excludes halogenated alkanes) is 3. The number of aromatic carboxylic acids is 1. The minimum Gasteiger partial charge on any atom is -0.544 e. The summed E-state index contributed by atoms with van der Waals surface area (Å²) in [5.41, 5.74) is 0. The SMILES string of the molecule is CCCC[NH+](CCCC)CCCC.O=C([O-])c1cc(Cl)c(Cl)s1. The molecule has 134 valence electrons. The van der Waals surface area contributed by atoms with E-state index in [1.54, 1.807) is 0 Å². The van der Waals surface area contributed by atoms with Gasteiger partial charge in [0.05, 0.1) is 35.5 Å². The van der Waals surface area contributed by atoms with Crippen LogP contribution in [0.2, 0.25) is 9.36 Å². The second kappa shape index (κ2) is 14.1. The first-order valence-corrected chi connectivity index (χ1v) is 10.0. The molecule has 23 heavy (non-hydrogen) atoms. The second-order valence-corrected chi connectivity index (χ2v) is 7.64. The Morgan fingerprint density at radius 2 is 1.48 bits per heavy atom. The molecule has 0 saturated heterocycles. The van der Waals surface area contributed by atoms with Gasteiger partial charge < -0.3 is 14.8 Å². The number of carboxylic acids is 1. The summed E-state index contributed by atoms with van der Waals surface area (Å²) in [5, 5.41) is 10.4. The van der Waals surface area contributed by atoms with E-state index in [4.69, 9.17) is 23.2 Å². The average molecular weight is 382 g/mol. The van der Waals surface area contributed by atoms with Gasteiger partial charge in [0.15, 0.2) is 0 Å². The number of thiophene rings is 1. The third-order valence-electron chi connectivity index (χ3n) is 3.50. The monoisotopic (exact) mass is 381 g/mol. The largest absolute Gasteiger partial charge is 0.544 e. The zero-order chi connectivity index (χ0) is 17.7. The number of carbonyl (C=O) groups is 1. The van der Waals surface area contributed by atoms with Crippen molar-refractivity contribution >= 4 is 40.5 Å². The number of halogens is 2. The van der Waals surface area contributed by atoms with Gasteiger partial charge in [0.25, 0.3) is 0 Å². The van der Waals surface area contributed by atoms with E-state index in [1.807, 2.05) is 4.90 Å². The highest BCUT2D eigenvalue weighted by Crippen LogP contribution is 2.30. The van der Waals surface area contributed by atoms with Crippen molar-refractivity contribution in [3.8, 4) is 0 Å². The Balaban J connectivity index is 0.000000433. The summed E-state index contributed by atoms with van der Waals surface area (Å²) in [4.78, 5) is 12.0. The molecular weight excluding hydrogens is 353 g/mol. The van der Waals surface area contributed by atoms with E-state index in [0.29, 0.717) is 0 Å². The van der Waals surface area contributed by atoms with Crippen LogP contribution in [0.4, 0.5) is 0 Å². The van der Waals surface area contributed by atoms with Crippen LogP contribution in [-0.4, -0.2) is 25.6 Å². The molecule has 0 aliphatic heterocycles. The van der Waals surface area contributed by atoms with Crippen molar-refractivity contribution in [1.29, 1.82) is 0 Å². The molecule has 6 heteroatoms. The Morgan fingerprint density at radius 3 is 1.70 bits per heavy atom. The van der Waals surface area contributed by atoms with E-state index in [1.165, 1.54) is 64.2 Å². The molecule has 0 saturated carbocycles. The van der Waals surface area contributed by atoms with Crippen molar-refractivity contribution < 1.29 is 14.8 Å². The van der Waals surface area contributed by atoms with E-state index in [-0.39, 0.29) is 14.2 Å². The molecule has 0 aliphatic carbocycles. The standard InChI is InChI=1S/C12H27N.C5H2Cl2O2S/c1-4-7-10-13(11-8-5-2)12-9-6-3;6-2-1-3(5(8)9)10-4(2)7/h4-12H2,1-3H3;1H,(H,8,9). The molecule has 3 nitrogen and oxygen atoms in total. The molecule has 0 atom stereocenters. The van der Waals surface area contributed by atoms with Gasteiger partial charge in [0.1, 0.15) is 4.34 Å². The molecule has 0 unspecified atom stereocenters. The van der Waals surface area contributed by atoms with Gasteiger partial charge in [0, 0.05) is 0 Å². The number of hydrogen-bond acceptors (Lipinski definition) is 3. The van der Waals surface area contributed by atoms with Gasteiger partial charge in [-0.2, -0.15) is 0 Å². The Morgan fingerprint density at radius 1 is 1.04 bits per heavy atom. The van der Waals surface area contributed by atoms with Crippen LogP contribution in [0.5, 0.6) is 0 Å². The van der Waals surface area contributed by atoms with Crippen molar-refractivity contribution in [2.75, 3.05) is 19.6 Å². The van der Waals surface area contributed by atoms with E-state index in [0.717, 1.165) is 11.3 Å². The number of hydrogen-bond donors (Lipinski definition) is 1. The van der Waals surface area contributed by atoms with Crippen LogP contribution < -0.4 is 10.0 Å². The lowest BCUT2D eigenvalue weighted by Gasteiger charge is -2.18. The topological polar surface area (TPSA) is 44.6 Å². The highest BCUT2D eigenvalue weighted by Gasteiger charge is 2.05. The minimum absolute atomic E-state index is 0.0509. The molecule has 1 N–H and O–H groups in total. The molecule has 1 rings (SSSR count). The van der Waals surface area contributed by atoms with Crippen LogP contribution in [0.3, 0.4) is 0 Å². The number of carboxylic acid groups (broad SMARTS) is 1. The van der Waals surface area contributed by atoms with Gasteiger partial charge in [-0.25, -0.2) is 0 Å². The first-order valence-electron chi connectivity index (χ1n) is 8.45. The van der Waals surface area contributed by atoms with Gasteiger partial charge in [-0.05, 0) is 25.3 Å². The fourth-order valence-corrected chi connectivity index (χ4v) is 3.31. The van der Waals surface area contributed by atoms with Crippen molar-refractivity contribution in [2.24, 2.45) is 0 Å². The zero-order valence-electron chi connectivity index (χ0n) is 14.4. The second-order valence-electron chi connectivity index (χ2n) is 5.58. The van der Waals surface area contributed by atoms with Gasteiger partial charge in [0.2, 0.25) is 0 Å². The summed E-state index contributed by atoms with van der Waals surface area (Å²) in [6, 6.07) is 1.27. The molecule has 0 amide bonds. The smallest absolute Gasteiger partial charge is 0.112 e. The Hall–Kier alpha value is -0.290. The van der Waals surface area contributed by atoms with Crippen molar-refractivity contribution in [3.05, 3.63) is 20.3 Å². The summed E-state index contributed by atoms with van der Waals surface area (Å²) in [6.45, 7) is 11.1. The number of nitrogens with one attached hydrogen (secondary N) is 1. The Bertz CT molecular complexity index is 400. The van der Waals surface area contributed by atoms with E-state index >= 15 is 0 Å². The van der Waals surface area contributed by atoms with E-state index in [9.17, 15) is 9.90 Å². The fraction of sp³-hybridized carbons (Fsp3) is 0.706. The van der Waals surface area contributed by atoms with E-state index < -0.39 is 5.97 Å². The molecule has 0 aromatic carbocycles. The summed E-state index contributed by atoms with van der Waals surface area (Å²) in [6.07, 6.45) is 8.26. The fourth-order valence-electron chi connectivity index (χ4n) is 2.10. The highest BCUT2D eigenvalue weighted by atomic mass is 35.5. The van der Waals surface area contributed by atoms with Gasteiger partial charge in [-0.1, -0.05) is 63.2 Å². The molecule has 0 fully saturated rings. The lowest BCUT2D eigenvalue weighted by atomic mass is 10.2. The van der Waals surface area contributed by atoms with Gasteiger partial charge >= 0.3 is 0 Å². The third kappa shape index (κ3) is 11.0. The predicted octanol–water partition coefficient (Wildman–Crippen LogP) is 3.69. The van der Waals surface area contributed by atoms with Crippen molar-refractivity contribution in [2.45, 2.75) is 59.3 Å². The van der Waals surface area contributed by atoms with Crippen LogP contribution in [0.15, 0.2) is 6.07 Å². The van der Waals surface area contributed by atoms with Gasteiger partial charge in [-0.3, -0.25) is 0 Å². The normalized spacial score (nSPS) is 10.5. The minimum atomic E-state index is -1.25. The molecule has 1 heterocycles. The lowest BCUT2D eigenvalue weighted by molar-refractivity contribution is -0.900. The first kappa shape index (κ1) is 22.7. The van der Waals surface area contributed by atoms with Crippen LogP contribution in [0.1, 0.15) is 69.0 Å². The molecule has 0 bridgehead atoms. The molecule has 0 radical (unpaired) electrons. The average Bonchev–Trinajstić information content (AvgIpc) is 2.87. The van der Waals surface area contributed by atoms with Crippen molar-refractivity contribution in [1.82, 2.24) is 0 Å². The van der Waals surface area contributed by atoms with Crippen LogP contribution in [0.25, 0.3) is 0 Å². The lowest BCUT2D eigenvalue weighted by Crippen LogP contribution is -3.12. The van der Waals surface area contributed by atoms with E-state index in [2.05, 4.69) is 20.8 Å². The number of rotatable bonds is 10.